The number of amides is 1. The van der Waals surface area contributed by atoms with Crippen LogP contribution in [0.3, 0.4) is 0 Å². The molecule has 3 rings (SSSR count). The summed E-state index contributed by atoms with van der Waals surface area (Å²) in [5, 5.41) is 1.92. The van der Waals surface area contributed by atoms with Gasteiger partial charge in [-0.15, -0.1) is 0 Å². The Bertz CT molecular complexity index is 719. The van der Waals surface area contributed by atoms with Crippen molar-refractivity contribution in [1.29, 1.82) is 0 Å². The second kappa shape index (κ2) is 8.04. The molecule has 0 unspecified atom stereocenters. The molecule has 1 amide bonds. The van der Waals surface area contributed by atoms with Gasteiger partial charge in [-0.25, -0.2) is 13.4 Å². The van der Waals surface area contributed by atoms with E-state index in [1.54, 1.807) is 12.1 Å². The molecule has 0 spiro atoms. The fraction of sp³-hybridized carbons (Fsp3) is 0.611. The van der Waals surface area contributed by atoms with Crippen LogP contribution in [0.2, 0.25) is 0 Å². The summed E-state index contributed by atoms with van der Waals surface area (Å²) in [5.74, 6) is -0.204. The molecule has 2 aliphatic heterocycles. The summed E-state index contributed by atoms with van der Waals surface area (Å²) >= 11 is 0. The fourth-order valence-corrected chi connectivity index (χ4v) is 5.06. The summed E-state index contributed by atoms with van der Waals surface area (Å²) in [6, 6.07) is 6.15. The van der Waals surface area contributed by atoms with Crippen LogP contribution >= 0.6 is 0 Å². The highest BCUT2D eigenvalue weighted by molar-refractivity contribution is 7.89. The van der Waals surface area contributed by atoms with E-state index in [-0.39, 0.29) is 23.0 Å². The van der Waals surface area contributed by atoms with Crippen LogP contribution in [0.1, 0.15) is 43.5 Å². The zero-order chi connectivity index (χ0) is 18.7. The number of carbonyl (C=O) groups is 1. The maximum Gasteiger partial charge on any atom is 0.265 e. The van der Waals surface area contributed by atoms with E-state index in [1.165, 1.54) is 22.9 Å². The predicted octanol–water partition coefficient (Wildman–Crippen LogP) is 1.62. The number of rotatable bonds is 4. The smallest absolute Gasteiger partial charge is 0.265 e. The van der Waals surface area contributed by atoms with Crippen molar-refractivity contribution in [3.05, 3.63) is 29.8 Å². The van der Waals surface area contributed by atoms with Gasteiger partial charge in [0.1, 0.15) is 0 Å². The van der Waals surface area contributed by atoms with E-state index in [2.05, 4.69) is 5.43 Å². The second-order valence-corrected chi connectivity index (χ2v) is 9.03. The first-order chi connectivity index (χ1) is 12.4. The van der Waals surface area contributed by atoms with Gasteiger partial charge in [-0.05, 0) is 51.0 Å². The van der Waals surface area contributed by atoms with Crippen LogP contribution < -0.4 is 5.43 Å². The van der Waals surface area contributed by atoms with Crippen LogP contribution in [-0.2, 0) is 14.8 Å². The Labute approximate surface area is 155 Å². The lowest BCUT2D eigenvalue weighted by Crippen LogP contribution is -2.48. The lowest BCUT2D eigenvalue weighted by atomic mass is 10.1. The van der Waals surface area contributed by atoms with E-state index in [1.807, 2.05) is 18.9 Å². The minimum atomic E-state index is -3.59. The quantitative estimate of drug-likeness (QED) is 0.857. The van der Waals surface area contributed by atoms with Gasteiger partial charge in [0.05, 0.1) is 17.1 Å². The number of nitrogens with one attached hydrogen (secondary N) is 1. The fourth-order valence-electron chi connectivity index (χ4n) is 3.47. The van der Waals surface area contributed by atoms with Crippen molar-refractivity contribution in [3.63, 3.8) is 0 Å². The van der Waals surface area contributed by atoms with Crippen molar-refractivity contribution in [2.24, 2.45) is 0 Å². The number of carbonyl (C=O) groups excluding carboxylic acids is 1. The third kappa shape index (κ3) is 4.43. The maximum atomic E-state index is 12.8. The molecule has 0 aliphatic carbocycles. The molecule has 8 heteroatoms. The van der Waals surface area contributed by atoms with E-state index in [9.17, 15) is 13.2 Å². The lowest BCUT2D eigenvalue weighted by Gasteiger charge is -2.34. The number of nitrogens with zero attached hydrogens (tertiary/aromatic N) is 2. The van der Waals surface area contributed by atoms with Gasteiger partial charge in [0, 0.05) is 31.7 Å². The molecule has 2 fully saturated rings. The Morgan fingerprint density at radius 2 is 1.62 bits per heavy atom. The number of hydrazine groups is 1. The number of piperidine rings is 1. The van der Waals surface area contributed by atoms with Gasteiger partial charge in [0.25, 0.3) is 5.91 Å². The van der Waals surface area contributed by atoms with Crippen LogP contribution in [0, 0.1) is 0 Å². The van der Waals surface area contributed by atoms with Crippen LogP contribution in [-0.4, -0.2) is 62.0 Å². The van der Waals surface area contributed by atoms with Crippen molar-refractivity contribution < 1.29 is 17.9 Å². The average Bonchev–Trinajstić information content (AvgIpc) is 2.62. The molecule has 0 saturated carbocycles. The zero-order valence-electron chi connectivity index (χ0n) is 15.3. The molecule has 1 aromatic carbocycles. The highest BCUT2D eigenvalue weighted by Crippen LogP contribution is 2.21. The molecule has 0 bridgehead atoms. The minimum Gasteiger partial charge on any atom is -0.373 e. The van der Waals surface area contributed by atoms with Crippen molar-refractivity contribution >= 4 is 15.9 Å². The van der Waals surface area contributed by atoms with E-state index >= 15 is 0 Å². The minimum absolute atomic E-state index is 0.136. The van der Waals surface area contributed by atoms with Gasteiger partial charge in [0.2, 0.25) is 10.0 Å². The number of morpholine rings is 1. The van der Waals surface area contributed by atoms with Crippen LogP contribution in [0.5, 0.6) is 0 Å². The molecule has 1 aromatic rings. The second-order valence-electron chi connectivity index (χ2n) is 7.09. The third-order valence-electron chi connectivity index (χ3n) is 4.76. The highest BCUT2D eigenvalue weighted by Gasteiger charge is 2.32. The number of hydrogen-bond acceptors (Lipinski definition) is 5. The summed E-state index contributed by atoms with van der Waals surface area (Å²) in [6.07, 6.45) is 3.07. The van der Waals surface area contributed by atoms with Gasteiger partial charge in [0.15, 0.2) is 0 Å². The van der Waals surface area contributed by atoms with Crippen LogP contribution in [0.4, 0.5) is 0 Å². The van der Waals surface area contributed by atoms with E-state index in [0.29, 0.717) is 18.7 Å². The van der Waals surface area contributed by atoms with Gasteiger partial charge in [-0.2, -0.15) is 4.31 Å². The zero-order valence-corrected chi connectivity index (χ0v) is 16.2. The molecule has 2 saturated heterocycles. The average molecular weight is 381 g/mol. The molecule has 0 aromatic heterocycles. The Morgan fingerprint density at radius 3 is 2.19 bits per heavy atom. The predicted molar refractivity (Wildman–Crippen MR) is 98.1 cm³/mol. The topological polar surface area (TPSA) is 79.0 Å². The molecular formula is C18H27N3O4S. The molecule has 0 radical (unpaired) electrons. The number of sulfonamides is 1. The van der Waals surface area contributed by atoms with Gasteiger partial charge >= 0.3 is 0 Å². The molecule has 2 atom stereocenters. The monoisotopic (exact) mass is 381 g/mol. The van der Waals surface area contributed by atoms with Crippen molar-refractivity contribution in [2.75, 3.05) is 26.2 Å². The number of hydrogen-bond donors (Lipinski definition) is 1. The molecule has 1 N–H and O–H groups in total. The molecule has 2 aliphatic rings. The van der Waals surface area contributed by atoms with Crippen LogP contribution in [0.15, 0.2) is 29.2 Å². The molecular weight excluding hydrogens is 354 g/mol. The third-order valence-corrected chi connectivity index (χ3v) is 6.60. The van der Waals surface area contributed by atoms with E-state index < -0.39 is 10.0 Å². The summed E-state index contributed by atoms with van der Waals surface area (Å²) in [4.78, 5) is 12.5. The summed E-state index contributed by atoms with van der Waals surface area (Å²) in [6.45, 7) is 6.11. The molecule has 26 heavy (non-hydrogen) atoms. The Kier molecular flexibility index (Phi) is 5.96. The SMILES string of the molecule is C[C@@H]1CN(S(=O)(=O)c2ccc(C(=O)NN3CCCCC3)cc2)C[C@H](C)O1. The first-order valence-corrected chi connectivity index (χ1v) is 10.6. The van der Waals surface area contributed by atoms with Gasteiger partial charge in [-0.1, -0.05) is 6.42 Å². The first kappa shape index (κ1) is 19.3. The summed E-state index contributed by atoms with van der Waals surface area (Å²) in [5.41, 5.74) is 3.34. The largest absolute Gasteiger partial charge is 0.373 e. The van der Waals surface area contributed by atoms with Gasteiger partial charge < -0.3 is 4.74 Å². The summed E-state index contributed by atoms with van der Waals surface area (Å²) in [7, 11) is -3.59. The summed E-state index contributed by atoms with van der Waals surface area (Å²) < 4.78 is 32.7. The van der Waals surface area contributed by atoms with Crippen molar-refractivity contribution in [1.82, 2.24) is 14.7 Å². The Hall–Kier alpha value is -1.48. The Morgan fingerprint density at radius 1 is 1.04 bits per heavy atom. The molecule has 144 valence electrons. The highest BCUT2D eigenvalue weighted by atomic mass is 32.2. The van der Waals surface area contributed by atoms with E-state index in [0.717, 1.165) is 25.9 Å². The van der Waals surface area contributed by atoms with E-state index in [4.69, 9.17) is 4.74 Å². The molecule has 7 nitrogen and oxygen atoms in total. The van der Waals surface area contributed by atoms with Crippen LogP contribution in [0.25, 0.3) is 0 Å². The van der Waals surface area contributed by atoms with Crippen molar-refractivity contribution in [2.45, 2.75) is 50.2 Å². The molecule has 2 heterocycles. The normalized spacial score (nSPS) is 25.8. The maximum absolute atomic E-state index is 12.8. The van der Waals surface area contributed by atoms with Crippen molar-refractivity contribution in [3.8, 4) is 0 Å². The Balaban J connectivity index is 1.69. The lowest BCUT2D eigenvalue weighted by molar-refractivity contribution is -0.0440. The number of benzene rings is 1. The number of ether oxygens (including phenoxy) is 1. The first-order valence-electron chi connectivity index (χ1n) is 9.18. The standard InChI is InChI=1S/C18H27N3O4S/c1-14-12-21(13-15(2)25-14)26(23,24)17-8-6-16(7-9-17)18(22)19-20-10-4-3-5-11-20/h6-9,14-15H,3-5,10-13H2,1-2H3,(H,19,22)/t14-,15+. The van der Waals surface area contributed by atoms with Gasteiger partial charge in [-0.3, -0.25) is 10.2 Å².